The van der Waals surface area contributed by atoms with Crippen LogP contribution >= 0.6 is 22.6 Å². The predicted molar refractivity (Wildman–Crippen MR) is 89.1 cm³/mol. The van der Waals surface area contributed by atoms with Gasteiger partial charge in [0.1, 0.15) is 10.7 Å². The van der Waals surface area contributed by atoms with Gasteiger partial charge >= 0.3 is 0 Å². The molecule has 0 saturated heterocycles. The van der Waals surface area contributed by atoms with Gasteiger partial charge in [0.2, 0.25) is 0 Å². The standard InChI is InChI=1S/C14H14FIN2O2S/c1-17-9-10-6-7-11(15)14(8-10)21(19,20)18-13-5-3-2-4-12(13)16/h2-8,17-18H,9H2,1H3. The molecule has 0 spiro atoms. The van der Waals surface area contributed by atoms with Gasteiger partial charge in [-0.05, 0) is 59.5 Å². The molecule has 7 heteroatoms. The number of sulfonamides is 1. The lowest BCUT2D eigenvalue weighted by Gasteiger charge is -2.11. The topological polar surface area (TPSA) is 58.2 Å². The fourth-order valence-corrected chi connectivity index (χ4v) is 3.73. The van der Waals surface area contributed by atoms with Crippen LogP contribution in [0.4, 0.5) is 10.1 Å². The molecular weight excluding hydrogens is 406 g/mol. The lowest BCUT2D eigenvalue weighted by Crippen LogP contribution is -2.16. The highest BCUT2D eigenvalue weighted by Gasteiger charge is 2.20. The van der Waals surface area contributed by atoms with Gasteiger partial charge in [-0.1, -0.05) is 18.2 Å². The SMILES string of the molecule is CNCc1ccc(F)c(S(=O)(=O)Nc2ccccc2I)c1. The van der Waals surface area contributed by atoms with Crippen LogP contribution < -0.4 is 10.0 Å². The van der Waals surface area contributed by atoms with Crippen molar-refractivity contribution in [3.8, 4) is 0 Å². The van der Waals surface area contributed by atoms with Gasteiger partial charge in [-0.3, -0.25) is 4.72 Å². The van der Waals surface area contributed by atoms with E-state index < -0.39 is 15.8 Å². The average molecular weight is 420 g/mol. The number of benzene rings is 2. The number of nitrogens with one attached hydrogen (secondary N) is 2. The van der Waals surface area contributed by atoms with Gasteiger partial charge in [-0.25, -0.2) is 12.8 Å². The van der Waals surface area contributed by atoms with Crippen molar-refractivity contribution >= 4 is 38.3 Å². The van der Waals surface area contributed by atoms with E-state index >= 15 is 0 Å². The molecule has 21 heavy (non-hydrogen) atoms. The summed E-state index contributed by atoms with van der Waals surface area (Å²) in [5, 5.41) is 2.90. The summed E-state index contributed by atoms with van der Waals surface area (Å²) in [6.07, 6.45) is 0. The molecule has 0 saturated carbocycles. The molecule has 2 aromatic carbocycles. The van der Waals surface area contributed by atoms with Gasteiger partial charge in [0.05, 0.1) is 5.69 Å². The zero-order valence-corrected chi connectivity index (χ0v) is 14.2. The first-order chi connectivity index (χ1) is 9.94. The van der Waals surface area contributed by atoms with E-state index in [-0.39, 0.29) is 4.90 Å². The van der Waals surface area contributed by atoms with Crippen LogP contribution in [0.5, 0.6) is 0 Å². The van der Waals surface area contributed by atoms with Crippen molar-refractivity contribution in [3.63, 3.8) is 0 Å². The number of hydrogen-bond acceptors (Lipinski definition) is 3. The largest absolute Gasteiger partial charge is 0.316 e. The molecule has 0 aliphatic heterocycles. The molecule has 0 amide bonds. The molecule has 0 fully saturated rings. The number of hydrogen-bond donors (Lipinski definition) is 2. The molecule has 0 bridgehead atoms. The number of anilines is 1. The zero-order valence-electron chi connectivity index (χ0n) is 11.2. The number of halogens is 2. The van der Waals surface area contributed by atoms with E-state index in [1.54, 1.807) is 37.4 Å². The van der Waals surface area contributed by atoms with Crippen LogP contribution in [-0.2, 0) is 16.6 Å². The molecule has 4 nitrogen and oxygen atoms in total. The van der Waals surface area contributed by atoms with Gasteiger partial charge in [-0.15, -0.1) is 0 Å². The summed E-state index contributed by atoms with van der Waals surface area (Å²) in [4.78, 5) is -0.352. The first kappa shape index (κ1) is 16.2. The third-order valence-electron chi connectivity index (χ3n) is 2.78. The molecule has 0 aliphatic rings. The number of para-hydroxylation sites is 1. The summed E-state index contributed by atoms with van der Waals surface area (Å²) in [5.74, 6) is -0.770. The van der Waals surface area contributed by atoms with Crippen molar-refractivity contribution in [3.05, 3.63) is 57.4 Å². The Morgan fingerprint density at radius 3 is 2.57 bits per heavy atom. The predicted octanol–water partition coefficient (Wildman–Crippen LogP) is 2.95. The fraction of sp³-hybridized carbons (Fsp3) is 0.143. The first-order valence-electron chi connectivity index (χ1n) is 6.14. The zero-order chi connectivity index (χ0) is 15.5. The van der Waals surface area contributed by atoms with Gasteiger partial charge in [-0.2, -0.15) is 0 Å². The summed E-state index contributed by atoms with van der Waals surface area (Å²) in [7, 11) is -2.23. The van der Waals surface area contributed by atoms with Crippen LogP contribution in [0.15, 0.2) is 47.4 Å². The molecule has 0 unspecified atom stereocenters. The van der Waals surface area contributed by atoms with E-state index in [4.69, 9.17) is 0 Å². The van der Waals surface area contributed by atoms with E-state index in [1.165, 1.54) is 6.07 Å². The Bertz CT molecular complexity index is 750. The lowest BCUT2D eigenvalue weighted by atomic mass is 10.2. The van der Waals surface area contributed by atoms with Crippen LogP contribution in [-0.4, -0.2) is 15.5 Å². The third-order valence-corrected chi connectivity index (χ3v) is 5.11. The van der Waals surface area contributed by atoms with Gasteiger partial charge in [0, 0.05) is 10.1 Å². The number of rotatable bonds is 5. The minimum atomic E-state index is -3.96. The molecule has 0 aliphatic carbocycles. The highest BCUT2D eigenvalue weighted by atomic mass is 127. The fourth-order valence-electron chi connectivity index (χ4n) is 1.81. The summed E-state index contributed by atoms with van der Waals surface area (Å²) >= 11 is 2.02. The second-order valence-electron chi connectivity index (χ2n) is 4.38. The second kappa shape index (κ2) is 6.71. The van der Waals surface area contributed by atoms with Crippen LogP contribution in [0.3, 0.4) is 0 Å². The van der Waals surface area contributed by atoms with Crippen LogP contribution in [0.1, 0.15) is 5.56 Å². The highest BCUT2D eigenvalue weighted by Crippen LogP contribution is 2.23. The normalized spacial score (nSPS) is 11.4. The Kier molecular flexibility index (Phi) is 5.17. The van der Waals surface area contributed by atoms with E-state index in [2.05, 4.69) is 10.0 Å². The molecule has 2 rings (SSSR count). The first-order valence-corrected chi connectivity index (χ1v) is 8.70. The molecule has 2 N–H and O–H groups in total. The van der Waals surface area contributed by atoms with Crippen molar-refractivity contribution in [2.75, 3.05) is 11.8 Å². The maximum absolute atomic E-state index is 13.9. The molecule has 2 aromatic rings. The summed E-state index contributed by atoms with van der Waals surface area (Å²) in [5.41, 5.74) is 1.12. The van der Waals surface area contributed by atoms with Crippen molar-refractivity contribution in [2.45, 2.75) is 11.4 Å². The second-order valence-corrected chi connectivity index (χ2v) is 7.19. The Labute approximate surface area is 137 Å². The van der Waals surface area contributed by atoms with Crippen molar-refractivity contribution < 1.29 is 12.8 Å². The maximum Gasteiger partial charge on any atom is 0.264 e. The van der Waals surface area contributed by atoms with Gasteiger partial charge < -0.3 is 5.32 Å². The van der Waals surface area contributed by atoms with E-state index in [0.717, 1.165) is 9.64 Å². The van der Waals surface area contributed by atoms with Gasteiger partial charge in [0.25, 0.3) is 10.0 Å². The third kappa shape index (κ3) is 3.92. The quantitative estimate of drug-likeness (QED) is 0.732. The monoisotopic (exact) mass is 420 g/mol. The van der Waals surface area contributed by atoms with Crippen molar-refractivity contribution in [1.82, 2.24) is 5.32 Å². The summed E-state index contributed by atoms with van der Waals surface area (Å²) < 4.78 is 41.7. The van der Waals surface area contributed by atoms with Crippen molar-refractivity contribution in [2.24, 2.45) is 0 Å². The smallest absolute Gasteiger partial charge is 0.264 e. The summed E-state index contributed by atoms with van der Waals surface area (Å²) in [6, 6.07) is 11.0. The Morgan fingerprint density at radius 2 is 1.90 bits per heavy atom. The highest BCUT2D eigenvalue weighted by molar-refractivity contribution is 14.1. The van der Waals surface area contributed by atoms with Crippen LogP contribution in [0.2, 0.25) is 0 Å². The molecule has 0 heterocycles. The minimum absolute atomic E-state index is 0.352. The van der Waals surface area contributed by atoms with Gasteiger partial charge in [0.15, 0.2) is 0 Å². The maximum atomic E-state index is 13.9. The summed E-state index contributed by atoms with van der Waals surface area (Å²) in [6.45, 7) is 0.464. The molecule has 0 aromatic heterocycles. The van der Waals surface area contributed by atoms with Crippen molar-refractivity contribution in [1.29, 1.82) is 0 Å². The Balaban J connectivity index is 2.40. The molecule has 0 radical (unpaired) electrons. The Morgan fingerprint density at radius 1 is 1.19 bits per heavy atom. The molecule has 112 valence electrons. The average Bonchev–Trinajstić information content (AvgIpc) is 2.43. The van der Waals surface area contributed by atoms with E-state index in [9.17, 15) is 12.8 Å². The Hall–Kier alpha value is -1.19. The molecule has 0 atom stereocenters. The minimum Gasteiger partial charge on any atom is -0.316 e. The van der Waals surface area contributed by atoms with Crippen LogP contribution in [0.25, 0.3) is 0 Å². The van der Waals surface area contributed by atoms with E-state index in [0.29, 0.717) is 17.8 Å². The van der Waals surface area contributed by atoms with E-state index in [1.807, 2.05) is 22.6 Å². The molecular formula is C14H14FIN2O2S. The van der Waals surface area contributed by atoms with Crippen LogP contribution in [0, 0.1) is 9.39 Å². The lowest BCUT2D eigenvalue weighted by molar-refractivity contribution is 0.569.